The molecule has 0 N–H and O–H groups in total. The zero-order valence-electron chi connectivity index (χ0n) is 10.0. The summed E-state index contributed by atoms with van der Waals surface area (Å²) in [6.07, 6.45) is 5.12. The van der Waals surface area contributed by atoms with Crippen LogP contribution in [0.1, 0.15) is 41.8 Å². The maximum Gasteiger partial charge on any atom is 0.246 e. The van der Waals surface area contributed by atoms with Crippen LogP contribution in [0, 0.1) is 6.92 Å². The van der Waals surface area contributed by atoms with E-state index in [1.54, 1.807) is 6.92 Å². The van der Waals surface area contributed by atoms with E-state index in [9.17, 15) is 4.79 Å². The average Bonchev–Trinajstić information content (AvgIpc) is 2.89. The monoisotopic (exact) mass is 233 g/mol. The van der Waals surface area contributed by atoms with Gasteiger partial charge in [-0.2, -0.15) is 4.98 Å². The molecule has 2 aromatic heterocycles. The van der Waals surface area contributed by atoms with E-state index in [2.05, 4.69) is 10.1 Å². The fourth-order valence-corrected chi connectivity index (χ4v) is 1.64. The Morgan fingerprint density at radius 2 is 2.35 bits per heavy atom. The van der Waals surface area contributed by atoms with Gasteiger partial charge in [-0.1, -0.05) is 12.1 Å². The topological polar surface area (TPSA) is 60.9 Å². The molecule has 0 atom stereocenters. The second kappa shape index (κ2) is 4.95. The summed E-state index contributed by atoms with van der Waals surface area (Å²) in [7, 11) is 0. The molecule has 0 spiro atoms. The Balaban J connectivity index is 2.06. The van der Waals surface area contributed by atoms with E-state index in [0.717, 1.165) is 12.0 Å². The maximum absolute atomic E-state index is 11.6. The third-order valence-electron chi connectivity index (χ3n) is 2.44. The van der Waals surface area contributed by atoms with E-state index in [-0.39, 0.29) is 5.78 Å². The lowest BCUT2D eigenvalue weighted by Crippen LogP contribution is -1.99. The molecule has 2 rings (SSSR count). The molecule has 0 bridgehead atoms. The Hall–Kier alpha value is -1.91. The summed E-state index contributed by atoms with van der Waals surface area (Å²) in [5.74, 6) is 1.34. The van der Waals surface area contributed by atoms with E-state index in [1.165, 1.54) is 0 Å². The Morgan fingerprint density at radius 1 is 1.53 bits per heavy atom. The van der Waals surface area contributed by atoms with Crippen LogP contribution in [0.4, 0.5) is 0 Å². The molecule has 0 aromatic carbocycles. The molecular weight excluding hydrogens is 218 g/mol. The van der Waals surface area contributed by atoms with Gasteiger partial charge in [-0.05, 0) is 19.4 Å². The van der Waals surface area contributed by atoms with Crippen LogP contribution in [0.2, 0.25) is 0 Å². The van der Waals surface area contributed by atoms with Crippen molar-refractivity contribution in [2.24, 2.45) is 0 Å². The Bertz CT molecular complexity index is 513. The van der Waals surface area contributed by atoms with Gasteiger partial charge in [0, 0.05) is 24.4 Å². The summed E-state index contributed by atoms with van der Waals surface area (Å²) in [6.45, 7) is 4.27. The van der Waals surface area contributed by atoms with Crippen LogP contribution in [0.3, 0.4) is 0 Å². The number of aryl methyl sites for hydroxylation is 1. The molecule has 0 amide bonds. The van der Waals surface area contributed by atoms with Crippen molar-refractivity contribution in [3.63, 3.8) is 0 Å². The molecule has 90 valence electrons. The van der Waals surface area contributed by atoms with Gasteiger partial charge < -0.3 is 9.09 Å². The van der Waals surface area contributed by atoms with Gasteiger partial charge in [0.1, 0.15) is 6.54 Å². The van der Waals surface area contributed by atoms with Gasteiger partial charge in [0.15, 0.2) is 11.6 Å². The molecule has 0 fully saturated rings. The van der Waals surface area contributed by atoms with Crippen LogP contribution in [-0.2, 0) is 6.54 Å². The fourth-order valence-electron chi connectivity index (χ4n) is 1.64. The molecule has 0 saturated heterocycles. The highest BCUT2D eigenvalue weighted by molar-refractivity contribution is 5.95. The van der Waals surface area contributed by atoms with Gasteiger partial charge in [0.25, 0.3) is 0 Å². The highest BCUT2D eigenvalue weighted by Crippen LogP contribution is 2.08. The van der Waals surface area contributed by atoms with Crippen LogP contribution >= 0.6 is 0 Å². The van der Waals surface area contributed by atoms with E-state index in [4.69, 9.17) is 4.52 Å². The van der Waals surface area contributed by atoms with Crippen LogP contribution in [0.5, 0.6) is 0 Å². The van der Waals surface area contributed by atoms with Gasteiger partial charge in [0.2, 0.25) is 5.89 Å². The minimum Gasteiger partial charge on any atom is -0.344 e. The number of ketones is 1. The van der Waals surface area contributed by atoms with Crippen LogP contribution in [0.15, 0.2) is 23.0 Å². The third-order valence-corrected chi connectivity index (χ3v) is 2.44. The van der Waals surface area contributed by atoms with Crippen molar-refractivity contribution in [1.29, 1.82) is 0 Å². The number of aromatic nitrogens is 3. The lowest BCUT2D eigenvalue weighted by atomic mass is 10.1. The molecule has 17 heavy (non-hydrogen) atoms. The lowest BCUT2D eigenvalue weighted by Gasteiger charge is -1.96. The van der Waals surface area contributed by atoms with Gasteiger partial charge in [-0.15, -0.1) is 0 Å². The summed E-state index contributed by atoms with van der Waals surface area (Å²) in [5, 5.41) is 3.72. The number of nitrogens with zero attached hydrogens (tertiary/aromatic N) is 3. The van der Waals surface area contributed by atoms with Crippen molar-refractivity contribution in [2.45, 2.75) is 33.2 Å². The van der Waals surface area contributed by atoms with Gasteiger partial charge in [-0.25, -0.2) is 0 Å². The predicted octanol–water partition coefficient (Wildman–Crippen LogP) is 2.21. The fraction of sp³-hybridized carbons (Fsp3) is 0.417. The lowest BCUT2D eigenvalue weighted by molar-refractivity contribution is 0.0981. The van der Waals surface area contributed by atoms with E-state index >= 15 is 0 Å². The number of hydrogen-bond donors (Lipinski definition) is 0. The molecule has 0 aliphatic rings. The molecule has 0 saturated carbocycles. The first-order chi connectivity index (χ1) is 8.19. The van der Waals surface area contributed by atoms with Crippen LogP contribution < -0.4 is 0 Å². The Labute approximate surface area is 99.4 Å². The van der Waals surface area contributed by atoms with E-state index < -0.39 is 0 Å². The zero-order valence-corrected chi connectivity index (χ0v) is 10.0. The predicted molar refractivity (Wildman–Crippen MR) is 61.8 cm³/mol. The summed E-state index contributed by atoms with van der Waals surface area (Å²) in [5.41, 5.74) is 0.739. The van der Waals surface area contributed by atoms with Gasteiger partial charge >= 0.3 is 0 Å². The van der Waals surface area contributed by atoms with Crippen molar-refractivity contribution in [3.8, 4) is 0 Å². The standard InChI is InChI=1S/C12H15N3O2/c1-3-4-11(16)10-5-6-15(7-10)8-12-13-9(2)14-17-12/h5-7H,3-4,8H2,1-2H3. The van der Waals surface area contributed by atoms with Gasteiger partial charge in [0.05, 0.1) is 0 Å². The van der Waals surface area contributed by atoms with E-state index in [0.29, 0.717) is 24.7 Å². The molecule has 2 heterocycles. The molecular formula is C12H15N3O2. The number of carbonyl (C=O) groups excluding carboxylic acids is 1. The first-order valence-corrected chi connectivity index (χ1v) is 5.67. The first kappa shape index (κ1) is 11.6. The second-order valence-corrected chi connectivity index (χ2v) is 3.98. The smallest absolute Gasteiger partial charge is 0.246 e. The van der Waals surface area contributed by atoms with E-state index in [1.807, 2.05) is 30.0 Å². The van der Waals surface area contributed by atoms with Crippen molar-refractivity contribution in [1.82, 2.24) is 14.7 Å². The summed E-state index contributed by atoms with van der Waals surface area (Å²) < 4.78 is 6.89. The minimum absolute atomic E-state index is 0.174. The normalized spacial score (nSPS) is 10.7. The van der Waals surface area contributed by atoms with Gasteiger partial charge in [-0.3, -0.25) is 4.79 Å². The Morgan fingerprint density at radius 3 is 3.00 bits per heavy atom. The van der Waals surface area contributed by atoms with Crippen molar-refractivity contribution in [3.05, 3.63) is 35.7 Å². The summed E-state index contributed by atoms with van der Waals surface area (Å²) in [6, 6.07) is 1.82. The maximum atomic E-state index is 11.6. The Kier molecular flexibility index (Phi) is 3.37. The quantitative estimate of drug-likeness (QED) is 0.743. The second-order valence-electron chi connectivity index (χ2n) is 3.98. The number of carbonyl (C=O) groups is 1. The van der Waals surface area contributed by atoms with Crippen LogP contribution in [0.25, 0.3) is 0 Å². The first-order valence-electron chi connectivity index (χ1n) is 5.67. The van der Waals surface area contributed by atoms with Crippen molar-refractivity contribution >= 4 is 5.78 Å². The third kappa shape index (κ3) is 2.81. The zero-order chi connectivity index (χ0) is 12.3. The number of hydrogen-bond acceptors (Lipinski definition) is 4. The summed E-state index contributed by atoms with van der Waals surface area (Å²) in [4.78, 5) is 15.8. The molecule has 0 aliphatic carbocycles. The molecule has 5 nitrogen and oxygen atoms in total. The minimum atomic E-state index is 0.174. The average molecular weight is 233 g/mol. The molecule has 0 radical (unpaired) electrons. The SMILES string of the molecule is CCCC(=O)c1ccn(Cc2nc(C)no2)c1. The molecule has 5 heteroatoms. The highest BCUT2D eigenvalue weighted by Gasteiger charge is 2.08. The molecule has 2 aromatic rings. The molecule has 0 aliphatic heterocycles. The summed E-state index contributed by atoms with van der Waals surface area (Å²) >= 11 is 0. The van der Waals surface area contributed by atoms with Crippen LogP contribution in [-0.4, -0.2) is 20.5 Å². The van der Waals surface area contributed by atoms with Crippen molar-refractivity contribution in [2.75, 3.05) is 0 Å². The number of rotatable bonds is 5. The largest absolute Gasteiger partial charge is 0.344 e. The number of Topliss-reactive ketones (excluding diaryl/α,β-unsaturated/α-hetero) is 1. The highest BCUT2D eigenvalue weighted by atomic mass is 16.5. The van der Waals surface area contributed by atoms with Crippen molar-refractivity contribution < 1.29 is 9.32 Å². The molecule has 0 unspecified atom stereocenters.